The van der Waals surface area contributed by atoms with Gasteiger partial charge in [-0.25, -0.2) is 0 Å². The number of rotatable bonds is 0. The lowest BCUT2D eigenvalue weighted by atomic mass is 10.0. The second-order valence-electron chi connectivity index (χ2n) is 6.00. The minimum atomic E-state index is -1.14. The summed E-state index contributed by atoms with van der Waals surface area (Å²) in [6.45, 7) is 7.79. The lowest BCUT2D eigenvalue weighted by Gasteiger charge is -2.37. The molecule has 0 aromatic rings. The molecule has 0 saturated carbocycles. The fourth-order valence-electron chi connectivity index (χ4n) is 2.71. The van der Waals surface area contributed by atoms with Crippen LogP contribution < -0.4 is 0 Å². The van der Waals surface area contributed by atoms with Gasteiger partial charge in [-0.05, 0) is 27.7 Å². The van der Waals surface area contributed by atoms with E-state index in [2.05, 4.69) is 0 Å². The molecule has 0 amide bonds. The van der Waals surface area contributed by atoms with E-state index < -0.39 is 29.6 Å². The molecular formula is C12H20O6. The maximum atomic E-state index is 10.4. The number of hydrogen-bond donors (Lipinski definition) is 1. The van der Waals surface area contributed by atoms with Crippen LogP contribution in [0.5, 0.6) is 0 Å². The summed E-state index contributed by atoms with van der Waals surface area (Å²) in [4.78, 5) is 0. The molecular weight excluding hydrogens is 240 g/mol. The summed E-state index contributed by atoms with van der Waals surface area (Å²) in [6.07, 6.45) is -1.66. The normalized spacial score (nSPS) is 49.5. The lowest BCUT2D eigenvalue weighted by Crippen LogP contribution is -2.52. The van der Waals surface area contributed by atoms with E-state index in [0.29, 0.717) is 6.61 Å². The number of aliphatic hydroxyl groups excluding tert-OH is 1. The third-order valence-electron chi connectivity index (χ3n) is 3.53. The van der Waals surface area contributed by atoms with Gasteiger partial charge in [0.15, 0.2) is 11.6 Å². The van der Waals surface area contributed by atoms with Crippen molar-refractivity contribution in [3.8, 4) is 0 Å². The van der Waals surface area contributed by atoms with E-state index in [0.717, 1.165) is 0 Å². The molecule has 6 nitrogen and oxygen atoms in total. The van der Waals surface area contributed by atoms with Gasteiger partial charge >= 0.3 is 0 Å². The highest BCUT2D eigenvalue weighted by Gasteiger charge is 2.64. The SMILES string of the molecule is CC1(C)OC[C@@H]2O[C@]3(COC(C)(C)O3)C(O)C2O1. The van der Waals surface area contributed by atoms with Crippen molar-refractivity contribution in [3.63, 3.8) is 0 Å². The van der Waals surface area contributed by atoms with Crippen LogP contribution in [0.25, 0.3) is 0 Å². The van der Waals surface area contributed by atoms with Crippen LogP contribution in [0.1, 0.15) is 27.7 Å². The Labute approximate surface area is 106 Å². The first-order valence-electron chi connectivity index (χ1n) is 6.25. The van der Waals surface area contributed by atoms with Crippen LogP contribution in [0.4, 0.5) is 0 Å². The molecule has 3 aliphatic heterocycles. The Morgan fingerprint density at radius 3 is 2.33 bits per heavy atom. The van der Waals surface area contributed by atoms with E-state index in [-0.39, 0.29) is 12.7 Å². The summed E-state index contributed by atoms with van der Waals surface area (Å²) in [5.74, 6) is -2.61. The van der Waals surface area contributed by atoms with Crippen molar-refractivity contribution in [2.75, 3.05) is 13.2 Å². The highest BCUT2D eigenvalue weighted by molar-refractivity contribution is 5.02. The van der Waals surface area contributed by atoms with Gasteiger partial charge < -0.3 is 28.8 Å². The minimum absolute atomic E-state index is 0.192. The van der Waals surface area contributed by atoms with Crippen molar-refractivity contribution < 1.29 is 28.8 Å². The molecule has 0 aliphatic carbocycles. The largest absolute Gasteiger partial charge is 0.385 e. The zero-order valence-corrected chi connectivity index (χ0v) is 11.1. The van der Waals surface area contributed by atoms with E-state index in [1.54, 1.807) is 13.8 Å². The molecule has 0 aromatic heterocycles. The van der Waals surface area contributed by atoms with Crippen molar-refractivity contribution in [2.24, 2.45) is 0 Å². The van der Waals surface area contributed by atoms with Crippen LogP contribution >= 0.6 is 0 Å². The molecule has 104 valence electrons. The summed E-state index contributed by atoms with van der Waals surface area (Å²) in [7, 11) is 0. The van der Waals surface area contributed by atoms with Crippen LogP contribution in [0, 0.1) is 0 Å². The molecule has 0 bridgehead atoms. The van der Waals surface area contributed by atoms with Gasteiger partial charge in [-0.15, -0.1) is 0 Å². The second-order valence-corrected chi connectivity index (χ2v) is 6.00. The quantitative estimate of drug-likeness (QED) is 0.679. The molecule has 18 heavy (non-hydrogen) atoms. The Kier molecular flexibility index (Phi) is 2.59. The molecule has 3 aliphatic rings. The van der Waals surface area contributed by atoms with Crippen molar-refractivity contribution in [1.29, 1.82) is 0 Å². The average Bonchev–Trinajstić information content (AvgIpc) is 2.68. The Bertz CT molecular complexity index is 352. The lowest BCUT2D eigenvalue weighted by molar-refractivity contribution is -0.303. The Hall–Kier alpha value is -0.240. The summed E-state index contributed by atoms with van der Waals surface area (Å²) in [5, 5.41) is 10.4. The standard InChI is InChI=1S/C12H20O6/c1-10(2)14-5-7-8(17-10)9(13)12(16-7)6-15-11(3,4)18-12/h7-9,13H,5-6H2,1-4H3/t7-,8?,9?,12-/m0/s1. The second kappa shape index (κ2) is 3.65. The Balaban J connectivity index is 1.82. The molecule has 4 atom stereocenters. The topological polar surface area (TPSA) is 66.4 Å². The summed E-state index contributed by atoms with van der Waals surface area (Å²) in [6, 6.07) is 0. The van der Waals surface area contributed by atoms with Gasteiger partial charge in [0.05, 0.1) is 6.61 Å². The minimum Gasteiger partial charge on any atom is -0.385 e. The number of aliphatic hydroxyl groups is 1. The highest BCUT2D eigenvalue weighted by Crippen LogP contribution is 2.45. The molecule has 3 fully saturated rings. The summed E-state index contributed by atoms with van der Waals surface area (Å²) in [5.41, 5.74) is 0. The maximum absolute atomic E-state index is 10.4. The van der Waals surface area contributed by atoms with E-state index in [1.165, 1.54) is 0 Å². The average molecular weight is 260 g/mol. The van der Waals surface area contributed by atoms with E-state index in [4.69, 9.17) is 23.7 Å². The van der Waals surface area contributed by atoms with Crippen LogP contribution in [0.2, 0.25) is 0 Å². The first-order chi connectivity index (χ1) is 8.23. The van der Waals surface area contributed by atoms with Gasteiger partial charge in [-0.2, -0.15) is 0 Å². The summed E-state index contributed by atoms with van der Waals surface area (Å²) < 4.78 is 28.3. The number of fused-ring (bicyclic) bond motifs is 1. The van der Waals surface area contributed by atoms with Gasteiger partial charge in [0.2, 0.25) is 5.79 Å². The molecule has 6 heteroatoms. The third kappa shape index (κ3) is 1.88. The number of hydrogen-bond acceptors (Lipinski definition) is 6. The summed E-state index contributed by atoms with van der Waals surface area (Å²) >= 11 is 0. The van der Waals surface area contributed by atoms with E-state index in [9.17, 15) is 5.11 Å². The van der Waals surface area contributed by atoms with Gasteiger partial charge in [0.25, 0.3) is 0 Å². The van der Waals surface area contributed by atoms with E-state index >= 15 is 0 Å². The van der Waals surface area contributed by atoms with Gasteiger partial charge in [0, 0.05) is 0 Å². The zero-order valence-electron chi connectivity index (χ0n) is 11.1. The molecule has 0 radical (unpaired) electrons. The first-order valence-corrected chi connectivity index (χ1v) is 6.25. The Morgan fingerprint density at radius 1 is 1.00 bits per heavy atom. The van der Waals surface area contributed by atoms with Crippen molar-refractivity contribution in [3.05, 3.63) is 0 Å². The van der Waals surface area contributed by atoms with Crippen molar-refractivity contribution in [2.45, 2.75) is 63.4 Å². The predicted molar refractivity (Wildman–Crippen MR) is 59.6 cm³/mol. The van der Waals surface area contributed by atoms with Gasteiger partial charge in [0.1, 0.15) is 24.9 Å². The third-order valence-corrected chi connectivity index (χ3v) is 3.53. The molecule has 3 rings (SSSR count). The van der Waals surface area contributed by atoms with E-state index in [1.807, 2.05) is 13.8 Å². The monoisotopic (exact) mass is 260 g/mol. The predicted octanol–water partition coefficient (Wildman–Crippen LogP) is 0.377. The van der Waals surface area contributed by atoms with Crippen molar-refractivity contribution >= 4 is 0 Å². The van der Waals surface area contributed by atoms with Crippen molar-refractivity contribution in [1.82, 2.24) is 0 Å². The smallest absolute Gasteiger partial charge is 0.224 e. The molecule has 3 heterocycles. The van der Waals surface area contributed by atoms with Gasteiger partial charge in [-0.3, -0.25) is 0 Å². The maximum Gasteiger partial charge on any atom is 0.224 e. The molecule has 3 saturated heterocycles. The Morgan fingerprint density at radius 2 is 1.72 bits per heavy atom. The van der Waals surface area contributed by atoms with Crippen LogP contribution in [0.3, 0.4) is 0 Å². The van der Waals surface area contributed by atoms with Gasteiger partial charge in [-0.1, -0.05) is 0 Å². The fourth-order valence-corrected chi connectivity index (χ4v) is 2.71. The molecule has 2 unspecified atom stereocenters. The highest BCUT2D eigenvalue weighted by atomic mass is 16.9. The molecule has 1 spiro atoms. The van der Waals surface area contributed by atoms with Crippen LogP contribution in [-0.4, -0.2) is 54.0 Å². The van der Waals surface area contributed by atoms with Crippen LogP contribution in [-0.2, 0) is 23.7 Å². The fraction of sp³-hybridized carbons (Fsp3) is 1.00. The first kappa shape index (κ1) is 12.8. The molecule has 1 N–H and O–H groups in total. The van der Waals surface area contributed by atoms with Crippen LogP contribution in [0.15, 0.2) is 0 Å². The molecule has 0 aromatic carbocycles. The zero-order chi connectivity index (χ0) is 13.2. The number of ether oxygens (including phenoxy) is 5.